The number of aromatic nitrogens is 3. The molecule has 1 aromatic heterocycles. The molecule has 1 fully saturated rings. The zero-order valence-electron chi connectivity index (χ0n) is 24.9. The molecule has 0 N–H and O–H groups in total. The second kappa shape index (κ2) is 10.3. The minimum atomic E-state index is 0.103. The molecule has 3 nitrogen and oxygen atoms in total. The molecule has 0 atom stereocenters. The van der Waals surface area contributed by atoms with Gasteiger partial charge in [-0.25, -0.2) is 15.0 Å². The van der Waals surface area contributed by atoms with Crippen molar-refractivity contribution >= 4 is 10.8 Å². The van der Waals surface area contributed by atoms with Crippen molar-refractivity contribution in [3.05, 3.63) is 151 Å². The van der Waals surface area contributed by atoms with Crippen LogP contribution in [0.5, 0.6) is 0 Å². The monoisotopic (exact) mass is 577 g/mol. The van der Waals surface area contributed by atoms with Crippen molar-refractivity contribution in [1.29, 1.82) is 0 Å². The Balaban J connectivity index is 1.28. The Labute approximate surface area is 263 Å². The van der Waals surface area contributed by atoms with E-state index in [-0.39, 0.29) is 5.41 Å². The molecular formula is C42H31N3. The molecule has 0 unspecified atom stereocenters. The summed E-state index contributed by atoms with van der Waals surface area (Å²) in [6.07, 6.45) is 4.98. The van der Waals surface area contributed by atoms with Crippen molar-refractivity contribution in [3.8, 4) is 56.4 Å². The van der Waals surface area contributed by atoms with Gasteiger partial charge in [0.1, 0.15) is 0 Å². The van der Waals surface area contributed by atoms with E-state index in [1.165, 1.54) is 69.8 Å². The largest absolute Gasteiger partial charge is 0.208 e. The van der Waals surface area contributed by atoms with Crippen LogP contribution < -0.4 is 0 Å². The standard InChI is InChI=1S/C42H31N3/c1-3-14-28(15-4-1)39-43-40(29-16-5-2-6-17-29)45-41(44-39)32-20-13-19-31(26-32)37-33-21-8-7-18-30(33)27-36-38(37)34-22-9-10-23-35(34)42(36)24-11-12-25-42/h1-10,13-23,26-27H,11-12,24-25H2. The van der Waals surface area contributed by atoms with Crippen LogP contribution in [-0.4, -0.2) is 15.0 Å². The number of nitrogens with zero attached hydrogens (tertiary/aromatic N) is 3. The average Bonchev–Trinajstić information content (AvgIpc) is 3.72. The van der Waals surface area contributed by atoms with E-state index in [4.69, 9.17) is 15.0 Å². The van der Waals surface area contributed by atoms with E-state index in [1.54, 1.807) is 0 Å². The van der Waals surface area contributed by atoms with E-state index < -0.39 is 0 Å². The summed E-state index contributed by atoms with van der Waals surface area (Å²) in [6.45, 7) is 0. The van der Waals surface area contributed by atoms with Crippen LogP contribution in [0.3, 0.4) is 0 Å². The van der Waals surface area contributed by atoms with Gasteiger partial charge in [-0.3, -0.25) is 0 Å². The highest BCUT2D eigenvalue weighted by Gasteiger charge is 2.46. The second-order valence-electron chi connectivity index (χ2n) is 12.3. The lowest BCUT2D eigenvalue weighted by Crippen LogP contribution is -2.20. The highest BCUT2D eigenvalue weighted by Crippen LogP contribution is 2.60. The smallest absolute Gasteiger partial charge is 0.164 e. The van der Waals surface area contributed by atoms with Gasteiger partial charge in [0.05, 0.1) is 0 Å². The van der Waals surface area contributed by atoms with E-state index in [0.717, 1.165) is 16.7 Å². The van der Waals surface area contributed by atoms with E-state index in [1.807, 2.05) is 36.4 Å². The molecule has 6 aromatic carbocycles. The predicted molar refractivity (Wildman–Crippen MR) is 184 cm³/mol. The summed E-state index contributed by atoms with van der Waals surface area (Å²) in [7, 11) is 0. The predicted octanol–water partition coefficient (Wildman–Crippen LogP) is 10.5. The number of rotatable bonds is 4. The van der Waals surface area contributed by atoms with Crippen molar-refractivity contribution in [2.45, 2.75) is 31.1 Å². The number of hydrogen-bond acceptors (Lipinski definition) is 3. The first-order valence-corrected chi connectivity index (χ1v) is 15.9. The Bertz CT molecular complexity index is 2160. The van der Waals surface area contributed by atoms with Gasteiger partial charge in [-0.05, 0) is 69.1 Å². The molecule has 1 spiro atoms. The van der Waals surface area contributed by atoms with Crippen molar-refractivity contribution < 1.29 is 0 Å². The Morgan fingerprint density at radius 3 is 1.69 bits per heavy atom. The van der Waals surface area contributed by atoms with Crippen LogP contribution in [-0.2, 0) is 5.41 Å². The molecule has 3 heteroatoms. The fraction of sp³-hybridized carbons (Fsp3) is 0.119. The second-order valence-corrected chi connectivity index (χ2v) is 12.3. The van der Waals surface area contributed by atoms with Gasteiger partial charge in [-0.2, -0.15) is 0 Å². The van der Waals surface area contributed by atoms with Gasteiger partial charge in [0, 0.05) is 22.1 Å². The van der Waals surface area contributed by atoms with Gasteiger partial charge >= 0.3 is 0 Å². The maximum atomic E-state index is 5.04. The van der Waals surface area contributed by atoms with E-state index >= 15 is 0 Å². The van der Waals surface area contributed by atoms with Gasteiger partial charge < -0.3 is 0 Å². The highest BCUT2D eigenvalue weighted by atomic mass is 15.0. The highest BCUT2D eigenvalue weighted by molar-refractivity contribution is 6.08. The molecule has 45 heavy (non-hydrogen) atoms. The van der Waals surface area contributed by atoms with Crippen molar-refractivity contribution in [1.82, 2.24) is 15.0 Å². The maximum Gasteiger partial charge on any atom is 0.164 e. The summed E-state index contributed by atoms with van der Waals surface area (Å²) >= 11 is 0. The van der Waals surface area contributed by atoms with E-state index in [9.17, 15) is 0 Å². The molecule has 0 radical (unpaired) electrons. The van der Waals surface area contributed by atoms with Crippen LogP contribution >= 0.6 is 0 Å². The van der Waals surface area contributed by atoms with Crippen molar-refractivity contribution in [2.24, 2.45) is 0 Å². The Morgan fingerprint density at radius 2 is 0.978 bits per heavy atom. The summed E-state index contributed by atoms with van der Waals surface area (Å²) in [5.74, 6) is 2.02. The molecular weight excluding hydrogens is 546 g/mol. The van der Waals surface area contributed by atoms with E-state index in [0.29, 0.717) is 17.5 Å². The lowest BCUT2D eigenvalue weighted by Gasteiger charge is -2.27. The van der Waals surface area contributed by atoms with Gasteiger partial charge in [-0.1, -0.05) is 140 Å². The summed E-state index contributed by atoms with van der Waals surface area (Å²) in [5, 5.41) is 2.58. The van der Waals surface area contributed by atoms with Crippen LogP contribution in [0.4, 0.5) is 0 Å². The van der Waals surface area contributed by atoms with Gasteiger partial charge in [0.15, 0.2) is 17.5 Å². The van der Waals surface area contributed by atoms with Crippen molar-refractivity contribution in [3.63, 3.8) is 0 Å². The number of benzene rings is 6. The minimum Gasteiger partial charge on any atom is -0.208 e. The maximum absolute atomic E-state index is 5.04. The Hall–Kier alpha value is -5.41. The third kappa shape index (κ3) is 4.15. The van der Waals surface area contributed by atoms with Gasteiger partial charge in [-0.15, -0.1) is 0 Å². The average molecular weight is 578 g/mol. The minimum absolute atomic E-state index is 0.103. The fourth-order valence-corrected chi connectivity index (χ4v) is 7.84. The molecule has 7 aromatic rings. The zero-order valence-corrected chi connectivity index (χ0v) is 24.9. The molecule has 9 rings (SSSR count). The number of hydrogen-bond donors (Lipinski definition) is 0. The quantitative estimate of drug-likeness (QED) is 0.209. The van der Waals surface area contributed by atoms with Crippen LogP contribution in [0.25, 0.3) is 67.2 Å². The van der Waals surface area contributed by atoms with Crippen molar-refractivity contribution in [2.75, 3.05) is 0 Å². The zero-order chi connectivity index (χ0) is 29.8. The molecule has 0 bridgehead atoms. The molecule has 0 amide bonds. The molecule has 2 aliphatic rings. The third-order valence-electron chi connectivity index (χ3n) is 9.84. The molecule has 1 saturated carbocycles. The summed E-state index contributed by atoms with van der Waals surface area (Å²) in [6, 6.07) is 49.7. The van der Waals surface area contributed by atoms with Crippen LogP contribution in [0.15, 0.2) is 140 Å². The van der Waals surface area contributed by atoms with Gasteiger partial charge in [0.25, 0.3) is 0 Å². The van der Waals surface area contributed by atoms with Gasteiger partial charge in [0.2, 0.25) is 0 Å². The molecule has 1 heterocycles. The Kier molecular flexibility index (Phi) is 5.99. The molecule has 2 aliphatic carbocycles. The first-order chi connectivity index (χ1) is 22.3. The Morgan fingerprint density at radius 1 is 0.422 bits per heavy atom. The number of fused-ring (bicyclic) bond motifs is 6. The lowest BCUT2D eigenvalue weighted by atomic mass is 9.75. The summed E-state index contributed by atoms with van der Waals surface area (Å²) in [5.41, 5.74) is 11.3. The normalized spacial score (nSPS) is 14.5. The SMILES string of the molecule is c1ccc(-c2nc(-c3ccccc3)nc(-c3cccc(-c4c5c(cc6ccccc46)C4(CCCC4)c4ccccc4-5)c3)n2)cc1. The van der Waals surface area contributed by atoms with Crippen LogP contribution in [0.2, 0.25) is 0 Å². The molecule has 0 saturated heterocycles. The molecule has 214 valence electrons. The van der Waals surface area contributed by atoms with Crippen LogP contribution in [0.1, 0.15) is 36.8 Å². The van der Waals surface area contributed by atoms with Crippen LogP contribution in [0, 0.1) is 0 Å². The summed E-state index contributed by atoms with van der Waals surface area (Å²) in [4.78, 5) is 15.0. The van der Waals surface area contributed by atoms with E-state index in [2.05, 4.69) is 103 Å². The topological polar surface area (TPSA) is 38.7 Å². The summed E-state index contributed by atoms with van der Waals surface area (Å²) < 4.78 is 0. The first-order valence-electron chi connectivity index (χ1n) is 15.9. The lowest BCUT2D eigenvalue weighted by molar-refractivity contribution is 0.550. The first kappa shape index (κ1) is 26.0. The fourth-order valence-electron chi connectivity index (χ4n) is 7.84. The third-order valence-corrected chi connectivity index (χ3v) is 9.84. The molecule has 0 aliphatic heterocycles.